The fraction of sp³-hybridized carbons (Fsp3) is 0.333. The Balaban J connectivity index is 2.66. The highest BCUT2D eigenvalue weighted by Crippen LogP contribution is 2.13. The molecule has 2 aromatic rings. The summed E-state index contributed by atoms with van der Waals surface area (Å²) in [5.74, 6) is 0.175. The van der Waals surface area contributed by atoms with Crippen LogP contribution in [0.15, 0.2) is 6.33 Å². The minimum absolute atomic E-state index is 0.193. The molecule has 0 aromatic carbocycles. The van der Waals surface area contributed by atoms with Crippen LogP contribution in [0, 0.1) is 13.8 Å². The van der Waals surface area contributed by atoms with Crippen LogP contribution in [-0.2, 0) is 11.2 Å². The van der Waals surface area contributed by atoms with Gasteiger partial charge in [-0.3, -0.25) is 9.20 Å². The number of aryl methyl sites for hydroxylation is 2. The molecule has 0 saturated heterocycles. The molecular formula is C9H11N5O. The number of hydrogen-bond acceptors (Lipinski definition) is 4. The molecule has 78 valence electrons. The molecule has 2 aromatic heterocycles. The lowest BCUT2D eigenvalue weighted by molar-refractivity contribution is -0.117. The largest absolute Gasteiger partial charge is 0.369 e. The van der Waals surface area contributed by atoms with E-state index in [1.54, 1.807) is 10.7 Å². The van der Waals surface area contributed by atoms with E-state index in [1.165, 1.54) is 0 Å². The summed E-state index contributed by atoms with van der Waals surface area (Å²) in [6.07, 6.45) is 1.76. The number of hydrogen-bond donors (Lipinski definition) is 1. The lowest BCUT2D eigenvalue weighted by Gasteiger charge is -2.08. The maximum absolute atomic E-state index is 10.9. The van der Waals surface area contributed by atoms with Crippen LogP contribution < -0.4 is 5.73 Å². The van der Waals surface area contributed by atoms with Gasteiger partial charge in [0.1, 0.15) is 6.33 Å². The summed E-state index contributed by atoms with van der Waals surface area (Å²) >= 11 is 0. The predicted octanol–water partition coefficient (Wildman–Crippen LogP) is -0.231. The molecule has 2 rings (SSSR count). The summed E-state index contributed by atoms with van der Waals surface area (Å²) in [6, 6.07) is 0. The molecule has 2 N–H and O–H groups in total. The maximum atomic E-state index is 10.9. The Morgan fingerprint density at radius 2 is 2.27 bits per heavy atom. The molecule has 0 unspecified atom stereocenters. The Morgan fingerprint density at radius 3 is 2.93 bits per heavy atom. The maximum Gasteiger partial charge on any atom is 0.255 e. The number of fused-ring (bicyclic) bond motifs is 1. The standard InChI is InChI=1S/C9H11N5O/c1-5-7(3-8(10)15)6(2)14-4-11-13-9(14)12-5/h4H,3H2,1-2H3,(H2,10,15). The molecule has 0 radical (unpaired) electrons. The lowest BCUT2D eigenvalue weighted by atomic mass is 10.1. The first-order chi connectivity index (χ1) is 7.09. The first-order valence-electron chi connectivity index (χ1n) is 4.53. The SMILES string of the molecule is Cc1nc2nncn2c(C)c1CC(N)=O. The average Bonchev–Trinajstić information content (AvgIpc) is 2.59. The number of aromatic nitrogens is 4. The van der Waals surface area contributed by atoms with Crippen LogP contribution in [0.3, 0.4) is 0 Å². The number of rotatable bonds is 2. The van der Waals surface area contributed by atoms with Crippen molar-refractivity contribution in [2.75, 3.05) is 0 Å². The van der Waals surface area contributed by atoms with E-state index in [0.29, 0.717) is 5.78 Å². The Kier molecular flexibility index (Phi) is 2.11. The molecule has 0 aliphatic rings. The molecule has 1 amide bonds. The lowest BCUT2D eigenvalue weighted by Crippen LogP contribution is -2.17. The topological polar surface area (TPSA) is 86.2 Å². The van der Waals surface area contributed by atoms with E-state index >= 15 is 0 Å². The van der Waals surface area contributed by atoms with Crippen molar-refractivity contribution >= 4 is 11.7 Å². The second-order valence-electron chi connectivity index (χ2n) is 3.41. The Bertz CT molecular complexity index is 531. The van der Waals surface area contributed by atoms with E-state index in [-0.39, 0.29) is 12.3 Å². The number of amides is 1. The third-order valence-corrected chi connectivity index (χ3v) is 2.38. The van der Waals surface area contributed by atoms with Crippen LogP contribution in [-0.4, -0.2) is 25.5 Å². The van der Waals surface area contributed by atoms with Crippen molar-refractivity contribution in [3.05, 3.63) is 23.3 Å². The van der Waals surface area contributed by atoms with E-state index in [1.807, 2.05) is 13.8 Å². The van der Waals surface area contributed by atoms with E-state index in [0.717, 1.165) is 17.0 Å². The first kappa shape index (κ1) is 9.57. The van der Waals surface area contributed by atoms with Gasteiger partial charge in [0, 0.05) is 17.0 Å². The van der Waals surface area contributed by atoms with Crippen molar-refractivity contribution in [3.8, 4) is 0 Å². The molecule has 0 bridgehead atoms. The average molecular weight is 205 g/mol. The van der Waals surface area contributed by atoms with Gasteiger partial charge in [-0.15, -0.1) is 10.2 Å². The molecule has 0 aliphatic carbocycles. The molecule has 0 fully saturated rings. The molecule has 0 aliphatic heterocycles. The van der Waals surface area contributed by atoms with E-state index < -0.39 is 0 Å². The fourth-order valence-corrected chi connectivity index (χ4v) is 1.60. The van der Waals surface area contributed by atoms with Crippen LogP contribution in [0.2, 0.25) is 0 Å². The Morgan fingerprint density at radius 1 is 1.53 bits per heavy atom. The zero-order valence-corrected chi connectivity index (χ0v) is 8.56. The minimum atomic E-state index is -0.365. The third-order valence-electron chi connectivity index (χ3n) is 2.38. The highest BCUT2D eigenvalue weighted by atomic mass is 16.1. The quantitative estimate of drug-likeness (QED) is 0.733. The van der Waals surface area contributed by atoms with Crippen molar-refractivity contribution in [2.45, 2.75) is 20.3 Å². The van der Waals surface area contributed by atoms with Crippen LogP contribution in [0.25, 0.3) is 5.78 Å². The van der Waals surface area contributed by atoms with Gasteiger partial charge in [-0.25, -0.2) is 4.98 Å². The summed E-state index contributed by atoms with van der Waals surface area (Å²) in [6.45, 7) is 3.73. The van der Waals surface area contributed by atoms with Crippen molar-refractivity contribution in [2.24, 2.45) is 5.73 Å². The molecular weight excluding hydrogens is 194 g/mol. The molecule has 0 spiro atoms. The van der Waals surface area contributed by atoms with Gasteiger partial charge in [-0.2, -0.15) is 0 Å². The first-order valence-corrected chi connectivity index (χ1v) is 4.53. The van der Waals surface area contributed by atoms with Crippen molar-refractivity contribution in [1.82, 2.24) is 19.6 Å². The molecule has 15 heavy (non-hydrogen) atoms. The van der Waals surface area contributed by atoms with Gasteiger partial charge in [0.15, 0.2) is 0 Å². The van der Waals surface area contributed by atoms with Gasteiger partial charge >= 0.3 is 0 Å². The molecule has 6 heteroatoms. The van der Waals surface area contributed by atoms with Gasteiger partial charge < -0.3 is 5.73 Å². The second kappa shape index (κ2) is 3.30. The third kappa shape index (κ3) is 1.54. The second-order valence-corrected chi connectivity index (χ2v) is 3.41. The van der Waals surface area contributed by atoms with Crippen LogP contribution in [0.1, 0.15) is 17.0 Å². The van der Waals surface area contributed by atoms with Crippen LogP contribution in [0.5, 0.6) is 0 Å². The molecule has 0 saturated carbocycles. The summed E-state index contributed by atoms with van der Waals surface area (Å²) in [7, 11) is 0. The number of carbonyl (C=O) groups excluding carboxylic acids is 1. The predicted molar refractivity (Wildman–Crippen MR) is 53.2 cm³/mol. The summed E-state index contributed by atoms with van der Waals surface area (Å²) in [5, 5.41) is 7.60. The van der Waals surface area contributed by atoms with Gasteiger partial charge in [-0.05, 0) is 13.8 Å². The monoisotopic (exact) mass is 205 g/mol. The summed E-state index contributed by atoms with van der Waals surface area (Å²) < 4.78 is 1.74. The van der Waals surface area contributed by atoms with Gasteiger partial charge in [0.05, 0.1) is 6.42 Å². The molecule has 6 nitrogen and oxygen atoms in total. The zero-order valence-electron chi connectivity index (χ0n) is 8.56. The van der Waals surface area contributed by atoms with Gasteiger partial charge in [0.2, 0.25) is 5.91 Å². The van der Waals surface area contributed by atoms with Gasteiger partial charge in [0.25, 0.3) is 5.78 Å². The zero-order chi connectivity index (χ0) is 11.0. The number of primary amides is 1. The highest BCUT2D eigenvalue weighted by molar-refractivity contribution is 5.77. The summed E-state index contributed by atoms with van der Waals surface area (Å²) in [4.78, 5) is 15.1. The fourth-order valence-electron chi connectivity index (χ4n) is 1.60. The smallest absolute Gasteiger partial charge is 0.255 e. The minimum Gasteiger partial charge on any atom is -0.369 e. The Labute approximate surface area is 86.1 Å². The van der Waals surface area contributed by atoms with Crippen molar-refractivity contribution in [1.29, 1.82) is 0 Å². The number of nitrogens with two attached hydrogens (primary N) is 1. The van der Waals surface area contributed by atoms with E-state index in [4.69, 9.17) is 5.73 Å². The highest BCUT2D eigenvalue weighted by Gasteiger charge is 2.11. The normalized spacial score (nSPS) is 10.8. The molecule has 2 heterocycles. The molecule has 0 atom stereocenters. The van der Waals surface area contributed by atoms with Crippen molar-refractivity contribution in [3.63, 3.8) is 0 Å². The number of nitrogens with zero attached hydrogens (tertiary/aromatic N) is 4. The Hall–Kier alpha value is -1.98. The van der Waals surface area contributed by atoms with E-state index in [9.17, 15) is 4.79 Å². The van der Waals surface area contributed by atoms with Crippen molar-refractivity contribution < 1.29 is 4.79 Å². The number of carbonyl (C=O) groups is 1. The van der Waals surface area contributed by atoms with Gasteiger partial charge in [-0.1, -0.05) is 0 Å². The summed E-state index contributed by atoms with van der Waals surface area (Å²) in [5.41, 5.74) is 7.69. The van der Waals surface area contributed by atoms with E-state index in [2.05, 4.69) is 15.2 Å². The van der Waals surface area contributed by atoms with Crippen LogP contribution in [0.4, 0.5) is 0 Å². The van der Waals surface area contributed by atoms with Crippen LogP contribution >= 0.6 is 0 Å².